The van der Waals surface area contributed by atoms with Crippen molar-refractivity contribution >= 4 is 5.78 Å². The molecule has 1 aromatic rings. The maximum Gasteiger partial charge on any atom is 0.189 e. The lowest BCUT2D eigenvalue weighted by atomic mass is 9.82. The van der Waals surface area contributed by atoms with Gasteiger partial charge in [0.1, 0.15) is 17.3 Å². The molecule has 5 heteroatoms. The van der Waals surface area contributed by atoms with Gasteiger partial charge in [-0.25, -0.2) is 0 Å². The molecule has 0 radical (unpaired) electrons. The van der Waals surface area contributed by atoms with Crippen LogP contribution in [0, 0.1) is 11.8 Å². The predicted octanol–water partition coefficient (Wildman–Crippen LogP) is 6.05. The van der Waals surface area contributed by atoms with Gasteiger partial charge < -0.3 is 20.4 Å². The molecule has 2 atom stereocenters. The summed E-state index contributed by atoms with van der Waals surface area (Å²) in [6.07, 6.45) is 12.8. The quantitative estimate of drug-likeness (QED) is 0.238. The summed E-state index contributed by atoms with van der Waals surface area (Å²) in [4.78, 5) is 12.4. The molecule has 4 N–H and O–H groups in total. The number of hydrogen-bond acceptors (Lipinski definition) is 5. The van der Waals surface area contributed by atoms with Gasteiger partial charge in [-0.2, -0.15) is 0 Å². The van der Waals surface area contributed by atoms with Crippen molar-refractivity contribution in [2.45, 2.75) is 40.0 Å². The van der Waals surface area contributed by atoms with Crippen LogP contribution in [0.4, 0.5) is 0 Å². The van der Waals surface area contributed by atoms with Crippen LogP contribution in [0.15, 0.2) is 77.3 Å². The van der Waals surface area contributed by atoms with Gasteiger partial charge in [-0.1, -0.05) is 35.5 Å². The summed E-state index contributed by atoms with van der Waals surface area (Å²) in [6, 6.07) is 3.80. The minimum Gasteiger partial charge on any atom is -0.508 e. The number of aliphatic hydroxyl groups excluding tert-OH is 2. The number of carbonyl (C=O) groups excluding carboxylic acids is 1. The highest BCUT2D eigenvalue weighted by Gasteiger charge is 2.26. The summed E-state index contributed by atoms with van der Waals surface area (Å²) in [7, 11) is 0. The van der Waals surface area contributed by atoms with Gasteiger partial charge in [0.15, 0.2) is 11.5 Å². The molecule has 0 heterocycles. The molecule has 2 unspecified atom stereocenters. The minimum absolute atomic E-state index is 0.0815. The van der Waals surface area contributed by atoms with Crippen molar-refractivity contribution in [2.24, 2.45) is 11.8 Å². The van der Waals surface area contributed by atoms with Crippen LogP contribution in [-0.2, 0) is 0 Å². The Hall–Kier alpha value is -3.21. The van der Waals surface area contributed by atoms with Gasteiger partial charge in [0, 0.05) is 17.9 Å². The maximum absolute atomic E-state index is 12.4. The molecular formula is C25H30O5. The van der Waals surface area contributed by atoms with Crippen molar-refractivity contribution in [2.75, 3.05) is 0 Å². The van der Waals surface area contributed by atoms with E-state index < -0.39 is 5.78 Å². The zero-order chi connectivity index (χ0) is 22.3. The number of carbonyl (C=O) groups is 1. The Labute approximate surface area is 177 Å². The van der Waals surface area contributed by atoms with E-state index in [-0.39, 0.29) is 40.4 Å². The highest BCUT2D eigenvalue weighted by molar-refractivity contribution is 6.06. The number of phenols is 2. The smallest absolute Gasteiger partial charge is 0.189 e. The minimum atomic E-state index is -0.411. The molecular weight excluding hydrogens is 380 g/mol. The Morgan fingerprint density at radius 3 is 2.47 bits per heavy atom. The molecule has 0 saturated carbocycles. The van der Waals surface area contributed by atoms with E-state index in [0.29, 0.717) is 6.42 Å². The van der Waals surface area contributed by atoms with E-state index in [4.69, 9.17) is 0 Å². The highest BCUT2D eigenvalue weighted by Crippen LogP contribution is 2.33. The van der Waals surface area contributed by atoms with Gasteiger partial charge in [0.05, 0.1) is 5.56 Å². The fourth-order valence-electron chi connectivity index (χ4n) is 3.30. The molecule has 30 heavy (non-hydrogen) atoms. The van der Waals surface area contributed by atoms with E-state index in [2.05, 4.69) is 26.0 Å². The second-order valence-electron chi connectivity index (χ2n) is 7.84. The van der Waals surface area contributed by atoms with E-state index in [9.17, 15) is 25.2 Å². The fourth-order valence-corrected chi connectivity index (χ4v) is 3.30. The maximum atomic E-state index is 12.4. The zero-order valence-electron chi connectivity index (χ0n) is 17.7. The first kappa shape index (κ1) is 23.1. The highest BCUT2D eigenvalue weighted by atomic mass is 16.3. The number of ketones is 1. The van der Waals surface area contributed by atoms with Crippen LogP contribution in [0.25, 0.3) is 0 Å². The average Bonchev–Trinajstić information content (AvgIpc) is 2.67. The molecule has 2 rings (SSSR count). The lowest BCUT2D eigenvalue weighted by Crippen LogP contribution is -2.18. The Bertz CT molecular complexity index is 927. The van der Waals surface area contributed by atoms with Crippen molar-refractivity contribution in [1.29, 1.82) is 0 Å². The molecule has 0 saturated heterocycles. The SMILES string of the molecule is CC(C)=CCCC(C)=CCC1C(O)=C(O)C=CC1C=CC(=O)c1ccc(O)cc1O. The van der Waals surface area contributed by atoms with Gasteiger partial charge in [-0.3, -0.25) is 4.79 Å². The van der Waals surface area contributed by atoms with Crippen LogP contribution in [0.2, 0.25) is 0 Å². The number of rotatable bonds is 8. The average molecular weight is 411 g/mol. The van der Waals surface area contributed by atoms with E-state index in [1.165, 1.54) is 35.4 Å². The van der Waals surface area contributed by atoms with Crippen molar-refractivity contribution in [3.05, 3.63) is 82.9 Å². The van der Waals surface area contributed by atoms with Crippen molar-refractivity contribution in [3.63, 3.8) is 0 Å². The first-order chi connectivity index (χ1) is 14.2. The van der Waals surface area contributed by atoms with Gasteiger partial charge in [0.2, 0.25) is 0 Å². The normalized spacial score (nSPS) is 19.4. The van der Waals surface area contributed by atoms with Crippen molar-refractivity contribution in [1.82, 2.24) is 0 Å². The summed E-state index contributed by atoms with van der Waals surface area (Å²) in [5, 5.41) is 39.5. The van der Waals surface area contributed by atoms with Gasteiger partial charge in [-0.05, 0) is 64.3 Å². The molecule has 1 aliphatic rings. The molecule has 1 aliphatic carbocycles. The third-order valence-electron chi connectivity index (χ3n) is 5.08. The first-order valence-corrected chi connectivity index (χ1v) is 10.0. The third-order valence-corrected chi connectivity index (χ3v) is 5.08. The lowest BCUT2D eigenvalue weighted by molar-refractivity contribution is 0.104. The molecule has 0 aromatic heterocycles. The number of aliphatic hydroxyl groups is 2. The zero-order valence-corrected chi connectivity index (χ0v) is 17.7. The monoisotopic (exact) mass is 410 g/mol. The second kappa shape index (κ2) is 10.5. The number of aromatic hydroxyl groups is 2. The van der Waals surface area contributed by atoms with Crippen LogP contribution in [0.3, 0.4) is 0 Å². The summed E-state index contributed by atoms with van der Waals surface area (Å²) < 4.78 is 0. The number of hydrogen-bond donors (Lipinski definition) is 4. The van der Waals surface area contributed by atoms with Gasteiger partial charge >= 0.3 is 0 Å². The largest absolute Gasteiger partial charge is 0.508 e. The molecule has 0 bridgehead atoms. The molecule has 0 aliphatic heterocycles. The topological polar surface area (TPSA) is 98.0 Å². The standard InChI is InChI=1S/C25H30O5/c1-16(2)5-4-6-17(3)7-11-20-18(9-14-23(28)25(20)30)8-13-22(27)21-12-10-19(26)15-24(21)29/h5,7-10,12-15,18,20,26,28-30H,4,6,11H2,1-3H3. The molecule has 0 fully saturated rings. The van der Waals surface area contributed by atoms with Gasteiger partial charge in [-0.15, -0.1) is 0 Å². The second-order valence-corrected chi connectivity index (χ2v) is 7.84. The van der Waals surface area contributed by atoms with Crippen LogP contribution < -0.4 is 0 Å². The van der Waals surface area contributed by atoms with Crippen molar-refractivity contribution < 1.29 is 25.2 Å². The van der Waals surface area contributed by atoms with Crippen LogP contribution >= 0.6 is 0 Å². The van der Waals surface area contributed by atoms with E-state index in [0.717, 1.165) is 18.9 Å². The molecule has 1 aromatic carbocycles. The number of benzene rings is 1. The lowest BCUT2D eigenvalue weighted by Gasteiger charge is -2.24. The van der Waals surface area contributed by atoms with Crippen molar-refractivity contribution in [3.8, 4) is 11.5 Å². The van der Waals surface area contributed by atoms with E-state index in [1.54, 1.807) is 12.2 Å². The van der Waals surface area contributed by atoms with E-state index in [1.807, 2.05) is 6.92 Å². The van der Waals surface area contributed by atoms with Crippen LogP contribution in [-0.4, -0.2) is 26.2 Å². The summed E-state index contributed by atoms with van der Waals surface area (Å²) in [5.74, 6) is -1.76. The Morgan fingerprint density at radius 2 is 1.80 bits per heavy atom. The molecule has 0 amide bonds. The summed E-state index contributed by atoms with van der Waals surface area (Å²) in [5.41, 5.74) is 2.56. The number of phenolic OH excluding ortho intramolecular Hbond substituents is 2. The fraction of sp³-hybridized carbons (Fsp3) is 0.320. The Kier molecular flexibility index (Phi) is 8.10. The van der Waals surface area contributed by atoms with Crippen LogP contribution in [0.5, 0.6) is 11.5 Å². The Morgan fingerprint density at radius 1 is 1.07 bits per heavy atom. The molecule has 5 nitrogen and oxygen atoms in total. The molecule has 160 valence electrons. The summed E-state index contributed by atoms with van der Waals surface area (Å²) in [6.45, 7) is 6.17. The predicted molar refractivity (Wildman–Crippen MR) is 119 cm³/mol. The third kappa shape index (κ3) is 6.41. The Balaban J connectivity index is 2.13. The van der Waals surface area contributed by atoms with Crippen LogP contribution in [0.1, 0.15) is 50.4 Å². The summed E-state index contributed by atoms with van der Waals surface area (Å²) >= 11 is 0. The van der Waals surface area contributed by atoms with Gasteiger partial charge in [0.25, 0.3) is 0 Å². The molecule has 0 spiro atoms. The van der Waals surface area contributed by atoms with E-state index >= 15 is 0 Å². The first-order valence-electron chi connectivity index (χ1n) is 10.0. The number of allylic oxidation sites excluding steroid dienone is 9.